The van der Waals surface area contributed by atoms with Crippen LogP contribution in [0.15, 0.2) is 71.1 Å². The second kappa shape index (κ2) is 8.32. The highest BCUT2D eigenvalue weighted by molar-refractivity contribution is 6.07. The Bertz CT molecular complexity index is 1210. The van der Waals surface area contributed by atoms with Crippen molar-refractivity contribution in [1.29, 1.82) is 0 Å². The molecule has 0 spiro atoms. The number of carbonyl (C=O) groups is 1. The number of fused-ring (bicyclic) bond motifs is 3. The third-order valence-corrected chi connectivity index (χ3v) is 5.98. The Morgan fingerprint density at radius 3 is 2.52 bits per heavy atom. The number of rotatable bonds is 5. The fourth-order valence-electron chi connectivity index (χ4n) is 4.34. The lowest BCUT2D eigenvalue weighted by molar-refractivity contribution is -0.892. The number of ether oxygens (including phenoxy) is 1. The molecule has 158 valence electrons. The van der Waals surface area contributed by atoms with Crippen LogP contribution >= 0.6 is 0 Å². The van der Waals surface area contributed by atoms with Crippen molar-refractivity contribution < 1.29 is 18.8 Å². The number of furan rings is 1. The molecule has 0 aliphatic carbocycles. The van der Waals surface area contributed by atoms with Crippen LogP contribution in [0.5, 0.6) is 5.75 Å². The molecule has 0 radical (unpaired) electrons. The molecule has 6 heteroatoms. The molecular formula is C25H26N3O3+. The van der Waals surface area contributed by atoms with E-state index >= 15 is 0 Å². The van der Waals surface area contributed by atoms with Gasteiger partial charge in [-0.1, -0.05) is 36.4 Å². The predicted molar refractivity (Wildman–Crippen MR) is 123 cm³/mol. The maximum absolute atomic E-state index is 12.8. The summed E-state index contributed by atoms with van der Waals surface area (Å²) in [4.78, 5) is 16.4. The van der Waals surface area contributed by atoms with Crippen molar-refractivity contribution in [2.75, 3.05) is 50.1 Å². The van der Waals surface area contributed by atoms with Crippen molar-refractivity contribution in [2.24, 2.45) is 0 Å². The number of amides is 1. The van der Waals surface area contributed by atoms with E-state index in [-0.39, 0.29) is 5.91 Å². The third-order valence-electron chi connectivity index (χ3n) is 5.98. The molecule has 1 amide bonds. The molecule has 0 bridgehead atoms. The van der Waals surface area contributed by atoms with E-state index in [9.17, 15) is 4.79 Å². The van der Waals surface area contributed by atoms with Crippen LogP contribution in [0.25, 0.3) is 21.9 Å². The number of quaternary nitrogens is 1. The summed E-state index contributed by atoms with van der Waals surface area (Å²) >= 11 is 0. The molecule has 1 aliphatic heterocycles. The Balaban J connectivity index is 1.26. The number of carbonyl (C=O) groups excluding carboxylic acids is 1. The topological polar surface area (TPSA) is 59.1 Å². The van der Waals surface area contributed by atoms with Gasteiger partial charge in [0.25, 0.3) is 5.91 Å². The van der Waals surface area contributed by atoms with Crippen LogP contribution in [-0.2, 0) is 4.79 Å². The second-order valence-electron chi connectivity index (χ2n) is 7.94. The summed E-state index contributed by atoms with van der Waals surface area (Å²) in [5.74, 6) is 0.619. The highest BCUT2D eigenvalue weighted by atomic mass is 16.5. The minimum atomic E-state index is -0.0167. The van der Waals surface area contributed by atoms with E-state index in [1.807, 2.05) is 42.5 Å². The lowest BCUT2D eigenvalue weighted by atomic mass is 10.1. The molecule has 31 heavy (non-hydrogen) atoms. The molecule has 3 aromatic carbocycles. The molecule has 2 heterocycles. The van der Waals surface area contributed by atoms with Crippen molar-refractivity contribution in [3.05, 3.63) is 66.7 Å². The molecule has 6 nitrogen and oxygen atoms in total. The number of methoxy groups -OCH3 is 1. The number of nitrogens with one attached hydrogen (secondary N) is 2. The van der Waals surface area contributed by atoms with Gasteiger partial charge in [0.15, 0.2) is 6.54 Å². The largest absolute Gasteiger partial charge is 0.495 e. The van der Waals surface area contributed by atoms with Gasteiger partial charge in [-0.05, 0) is 24.3 Å². The number of piperazine rings is 1. The van der Waals surface area contributed by atoms with Gasteiger partial charge in [0.05, 0.1) is 39.0 Å². The smallest absolute Gasteiger partial charge is 0.279 e. The molecule has 0 unspecified atom stereocenters. The molecule has 2 N–H and O–H groups in total. The highest BCUT2D eigenvalue weighted by Crippen LogP contribution is 2.36. The van der Waals surface area contributed by atoms with Crippen LogP contribution in [0.3, 0.4) is 0 Å². The van der Waals surface area contributed by atoms with Crippen LogP contribution in [0.1, 0.15) is 0 Å². The standard InChI is InChI=1S/C25H25N3O3/c1-30-24-15-20-19-9-5-6-10-22(19)31-23(20)16-21(24)26-25(29)17-27-11-13-28(14-12-27)18-7-3-2-4-8-18/h2-10,15-16H,11-14,17H2,1H3,(H,26,29)/p+1. The lowest BCUT2D eigenvalue weighted by Crippen LogP contribution is -3.15. The summed E-state index contributed by atoms with van der Waals surface area (Å²) in [5.41, 5.74) is 3.45. The van der Waals surface area contributed by atoms with Crippen molar-refractivity contribution in [3.8, 4) is 5.75 Å². The van der Waals surface area contributed by atoms with E-state index < -0.39 is 0 Å². The van der Waals surface area contributed by atoms with Crippen LogP contribution in [0.4, 0.5) is 11.4 Å². The summed E-state index contributed by atoms with van der Waals surface area (Å²) in [7, 11) is 1.62. The molecular weight excluding hydrogens is 390 g/mol. The van der Waals surface area contributed by atoms with Gasteiger partial charge in [-0.2, -0.15) is 0 Å². The Morgan fingerprint density at radius 2 is 1.74 bits per heavy atom. The number of benzene rings is 3. The minimum Gasteiger partial charge on any atom is -0.495 e. The molecule has 1 saturated heterocycles. The Hall–Kier alpha value is -3.51. The first kappa shape index (κ1) is 19.5. The Labute approximate surface area is 181 Å². The second-order valence-corrected chi connectivity index (χ2v) is 7.94. The van der Waals surface area contributed by atoms with Gasteiger partial charge in [-0.15, -0.1) is 0 Å². The van der Waals surface area contributed by atoms with Crippen LogP contribution in [0, 0.1) is 0 Å². The zero-order valence-corrected chi connectivity index (χ0v) is 17.6. The third kappa shape index (κ3) is 3.94. The van der Waals surface area contributed by atoms with E-state index in [0.717, 1.165) is 48.1 Å². The van der Waals surface area contributed by atoms with Gasteiger partial charge >= 0.3 is 0 Å². The molecule has 5 rings (SSSR count). The number of para-hydroxylation sites is 2. The van der Waals surface area contributed by atoms with Gasteiger partial charge in [0.2, 0.25) is 0 Å². The zero-order chi connectivity index (χ0) is 21.2. The van der Waals surface area contributed by atoms with Crippen molar-refractivity contribution >= 4 is 39.2 Å². The maximum Gasteiger partial charge on any atom is 0.279 e. The molecule has 1 aliphatic rings. The highest BCUT2D eigenvalue weighted by Gasteiger charge is 2.23. The normalized spacial score (nSPS) is 14.8. The van der Waals surface area contributed by atoms with Gasteiger partial charge in [0, 0.05) is 22.5 Å². The van der Waals surface area contributed by atoms with Gasteiger partial charge in [0.1, 0.15) is 16.9 Å². The average Bonchev–Trinajstić information content (AvgIpc) is 3.17. The first-order valence-electron chi connectivity index (χ1n) is 10.6. The summed E-state index contributed by atoms with van der Waals surface area (Å²) in [6.45, 7) is 4.19. The molecule has 4 aromatic rings. The zero-order valence-electron chi connectivity index (χ0n) is 17.6. The summed E-state index contributed by atoms with van der Waals surface area (Å²) < 4.78 is 11.5. The first-order valence-corrected chi connectivity index (χ1v) is 10.6. The summed E-state index contributed by atoms with van der Waals surface area (Å²) in [5, 5.41) is 5.05. The number of hydrogen-bond donors (Lipinski definition) is 2. The number of anilines is 2. The summed E-state index contributed by atoms with van der Waals surface area (Å²) in [6, 6.07) is 22.1. The summed E-state index contributed by atoms with van der Waals surface area (Å²) in [6.07, 6.45) is 0. The van der Waals surface area contributed by atoms with Gasteiger partial charge in [-0.3, -0.25) is 4.79 Å². The number of hydrogen-bond acceptors (Lipinski definition) is 4. The lowest BCUT2D eigenvalue weighted by Gasteiger charge is -2.33. The number of nitrogens with zero attached hydrogens (tertiary/aromatic N) is 1. The molecule has 0 saturated carbocycles. The maximum atomic E-state index is 12.8. The molecule has 1 aromatic heterocycles. The van der Waals surface area contributed by atoms with Crippen LogP contribution in [-0.4, -0.2) is 45.7 Å². The van der Waals surface area contributed by atoms with E-state index in [2.05, 4.69) is 34.5 Å². The van der Waals surface area contributed by atoms with Crippen LogP contribution < -0.4 is 19.9 Å². The van der Waals surface area contributed by atoms with E-state index in [1.54, 1.807) is 7.11 Å². The quantitative estimate of drug-likeness (QED) is 0.525. The Morgan fingerprint density at radius 1 is 1.00 bits per heavy atom. The molecule has 1 fully saturated rings. The average molecular weight is 417 g/mol. The van der Waals surface area contributed by atoms with Gasteiger partial charge in [-0.25, -0.2) is 0 Å². The van der Waals surface area contributed by atoms with E-state index in [4.69, 9.17) is 9.15 Å². The van der Waals surface area contributed by atoms with Crippen molar-refractivity contribution in [3.63, 3.8) is 0 Å². The Kier molecular flexibility index (Phi) is 5.22. The fourth-order valence-corrected chi connectivity index (χ4v) is 4.34. The van der Waals surface area contributed by atoms with Crippen molar-refractivity contribution in [2.45, 2.75) is 0 Å². The van der Waals surface area contributed by atoms with Crippen molar-refractivity contribution in [1.82, 2.24) is 0 Å². The monoisotopic (exact) mass is 416 g/mol. The molecule has 0 atom stereocenters. The predicted octanol–water partition coefficient (Wildman–Crippen LogP) is 2.94. The SMILES string of the molecule is COc1cc2c(cc1NC(=O)C[NH+]1CCN(c3ccccc3)CC1)oc1ccccc12. The van der Waals surface area contributed by atoms with Gasteiger partial charge < -0.3 is 24.3 Å². The fraction of sp³-hybridized carbons (Fsp3) is 0.240. The van der Waals surface area contributed by atoms with E-state index in [1.165, 1.54) is 10.6 Å². The minimum absolute atomic E-state index is 0.0167. The van der Waals surface area contributed by atoms with Crippen LogP contribution in [0.2, 0.25) is 0 Å². The van der Waals surface area contributed by atoms with E-state index in [0.29, 0.717) is 18.0 Å². The first-order chi connectivity index (χ1) is 15.2.